The predicted octanol–water partition coefficient (Wildman–Crippen LogP) is -0.481. The Balaban J connectivity index is 2.36. The minimum absolute atomic E-state index is 0.188. The van der Waals surface area contributed by atoms with E-state index < -0.39 is 24.0 Å². The molecule has 1 heterocycles. The molecule has 0 aliphatic heterocycles. The first-order chi connectivity index (χ1) is 10.4. The van der Waals surface area contributed by atoms with Crippen LogP contribution in [-0.2, 0) is 16.0 Å². The lowest BCUT2D eigenvalue weighted by molar-refractivity contribution is -0.304. The van der Waals surface area contributed by atoms with Crippen molar-refractivity contribution < 1.29 is 23.8 Å². The van der Waals surface area contributed by atoms with E-state index in [4.69, 9.17) is 9.15 Å². The Hall–Kier alpha value is -2.83. The number of carbonyl (C=O) groups excluding carboxylic acids is 2. The van der Waals surface area contributed by atoms with Crippen molar-refractivity contribution in [3.05, 3.63) is 39.7 Å². The topological polar surface area (TPSA) is 109 Å². The van der Waals surface area contributed by atoms with Gasteiger partial charge in [-0.25, -0.2) is 4.79 Å². The molecule has 2 aromatic rings. The summed E-state index contributed by atoms with van der Waals surface area (Å²) >= 11 is 0. The lowest BCUT2D eigenvalue weighted by Crippen LogP contribution is -2.38. The Morgan fingerprint density at radius 1 is 1.36 bits per heavy atom. The van der Waals surface area contributed by atoms with E-state index in [1.807, 2.05) is 0 Å². The molecule has 0 aliphatic rings. The number of carboxylic acid groups (broad SMARTS) is 1. The quantitative estimate of drug-likeness (QED) is 0.747. The molecule has 2 rings (SSSR count). The standard InChI is InChI=1S/C15H15NO6/c1-8-10-4-3-9(21-2)5-12(10)22-15(20)11(8)6-13(17)16-7-14(18)19/h3-5H,6-7H2,1-2H3,(H,16,17)(H,18,19)/p-1. The van der Waals surface area contributed by atoms with Gasteiger partial charge in [0.25, 0.3) is 0 Å². The first-order valence-corrected chi connectivity index (χ1v) is 6.49. The van der Waals surface area contributed by atoms with Crippen molar-refractivity contribution in [2.24, 2.45) is 0 Å². The minimum Gasteiger partial charge on any atom is -0.548 e. The fraction of sp³-hybridized carbons (Fsp3) is 0.267. The maximum atomic E-state index is 12.0. The fourth-order valence-electron chi connectivity index (χ4n) is 2.10. The maximum Gasteiger partial charge on any atom is 0.340 e. The summed E-state index contributed by atoms with van der Waals surface area (Å²) in [4.78, 5) is 34.0. The summed E-state index contributed by atoms with van der Waals surface area (Å²) in [6.07, 6.45) is -0.261. The van der Waals surface area contributed by atoms with Crippen molar-refractivity contribution >= 4 is 22.8 Å². The van der Waals surface area contributed by atoms with Gasteiger partial charge in [0.15, 0.2) is 0 Å². The van der Waals surface area contributed by atoms with E-state index in [2.05, 4.69) is 5.32 Å². The molecule has 22 heavy (non-hydrogen) atoms. The monoisotopic (exact) mass is 304 g/mol. The second-order valence-corrected chi connectivity index (χ2v) is 4.68. The molecule has 0 spiro atoms. The third-order valence-corrected chi connectivity index (χ3v) is 3.26. The largest absolute Gasteiger partial charge is 0.548 e. The zero-order valence-corrected chi connectivity index (χ0v) is 12.1. The number of nitrogens with one attached hydrogen (secondary N) is 1. The van der Waals surface area contributed by atoms with Crippen LogP contribution < -0.4 is 20.8 Å². The van der Waals surface area contributed by atoms with Crippen molar-refractivity contribution in [2.75, 3.05) is 13.7 Å². The second-order valence-electron chi connectivity index (χ2n) is 4.68. The minimum atomic E-state index is -1.40. The first-order valence-electron chi connectivity index (χ1n) is 6.49. The van der Waals surface area contributed by atoms with Gasteiger partial charge in [0.1, 0.15) is 11.3 Å². The summed E-state index contributed by atoms with van der Waals surface area (Å²) in [6.45, 7) is 1.10. The van der Waals surface area contributed by atoms with Gasteiger partial charge in [-0.3, -0.25) is 4.79 Å². The highest BCUT2D eigenvalue weighted by atomic mass is 16.5. The Morgan fingerprint density at radius 3 is 2.73 bits per heavy atom. The number of aryl methyl sites for hydroxylation is 1. The number of ether oxygens (including phenoxy) is 1. The van der Waals surface area contributed by atoms with Crippen LogP contribution in [0.15, 0.2) is 27.4 Å². The van der Waals surface area contributed by atoms with Crippen LogP contribution in [0.2, 0.25) is 0 Å². The number of hydrogen-bond donors (Lipinski definition) is 1. The van der Waals surface area contributed by atoms with Crippen LogP contribution in [0.1, 0.15) is 11.1 Å². The van der Waals surface area contributed by atoms with Crippen LogP contribution in [0.5, 0.6) is 5.75 Å². The number of benzene rings is 1. The van der Waals surface area contributed by atoms with E-state index in [-0.39, 0.29) is 12.0 Å². The van der Waals surface area contributed by atoms with Crippen molar-refractivity contribution in [1.82, 2.24) is 5.32 Å². The highest BCUT2D eigenvalue weighted by Crippen LogP contribution is 2.24. The summed E-state index contributed by atoms with van der Waals surface area (Å²) < 4.78 is 10.3. The molecule has 7 heteroatoms. The molecule has 0 saturated heterocycles. The normalized spacial score (nSPS) is 10.5. The molecule has 1 N–H and O–H groups in total. The number of hydrogen-bond acceptors (Lipinski definition) is 6. The molecular weight excluding hydrogens is 290 g/mol. The van der Waals surface area contributed by atoms with Gasteiger partial charge >= 0.3 is 5.63 Å². The zero-order chi connectivity index (χ0) is 16.3. The van der Waals surface area contributed by atoms with Crippen LogP contribution in [0.3, 0.4) is 0 Å². The molecule has 0 radical (unpaired) electrons. The molecule has 1 amide bonds. The highest BCUT2D eigenvalue weighted by Gasteiger charge is 2.15. The van der Waals surface area contributed by atoms with Gasteiger partial charge in [-0.2, -0.15) is 0 Å². The number of carbonyl (C=O) groups is 2. The summed E-state index contributed by atoms with van der Waals surface area (Å²) in [5.74, 6) is -1.44. The third-order valence-electron chi connectivity index (χ3n) is 3.26. The number of carboxylic acids is 1. The van der Waals surface area contributed by atoms with Crippen LogP contribution in [0.4, 0.5) is 0 Å². The Kier molecular flexibility index (Phi) is 4.45. The number of rotatable bonds is 5. The predicted molar refractivity (Wildman–Crippen MR) is 75.5 cm³/mol. The number of amides is 1. The average molecular weight is 304 g/mol. The smallest absolute Gasteiger partial charge is 0.340 e. The van der Waals surface area contributed by atoms with E-state index >= 15 is 0 Å². The number of aliphatic carboxylic acids is 1. The van der Waals surface area contributed by atoms with Crippen LogP contribution in [-0.4, -0.2) is 25.5 Å². The van der Waals surface area contributed by atoms with Gasteiger partial charge in [-0.1, -0.05) is 0 Å². The second kappa shape index (κ2) is 6.30. The Morgan fingerprint density at radius 2 is 2.09 bits per heavy atom. The third kappa shape index (κ3) is 3.25. The van der Waals surface area contributed by atoms with E-state index in [1.54, 1.807) is 25.1 Å². The van der Waals surface area contributed by atoms with Gasteiger partial charge in [-0.15, -0.1) is 0 Å². The number of methoxy groups -OCH3 is 1. The molecule has 0 aliphatic carbocycles. The van der Waals surface area contributed by atoms with Crippen molar-refractivity contribution in [2.45, 2.75) is 13.3 Å². The molecule has 0 bridgehead atoms. The fourth-order valence-corrected chi connectivity index (χ4v) is 2.10. The molecule has 0 fully saturated rings. The SMILES string of the molecule is COc1ccc2c(C)c(CC(=O)NCC(=O)[O-])c(=O)oc2c1. The number of fused-ring (bicyclic) bond motifs is 1. The molecular formula is C15H14NO6-. The van der Waals surface area contributed by atoms with E-state index in [9.17, 15) is 19.5 Å². The summed E-state index contributed by atoms with van der Waals surface area (Å²) in [5.41, 5.74) is 0.522. The van der Waals surface area contributed by atoms with Gasteiger partial charge in [0, 0.05) is 11.5 Å². The molecule has 1 aromatic heterocycles. The zero-order valence-electron chi connectivity index (χ0n) is 12.1. The lowest BCUT2D eigenvalue weighted by atomic mass is 10.0. The maximum absolute atomic E-state index is 12.0. The lowest BCUT2D eigenvalue weighted by Gasteiger charge is -2.09. The van der Waals surface area contributed by atoms with Gasteiger partial charge in [0.2, 0.25) is 5.91 Å². The molecule has 1 aromatic carbocycles. The van der Waals surface area contributed by atoms with Gasteiger partial charge in [0.05, 0.1) is 31.6 Å². The molecule has 0 saturated carbocycles. The summed E-state index contributed by atoms with van der Waals surface area (Å²) in [5, 5.41) is 13.1. The Bertz CT molecular complexity index is 792. The van der Waals surface area contributed by atoms with Crippen molar-refractivity contribution in [3.63, 3.8) is 0 Å². The van der Waals surface area contributed by atoms with Gasteiger partial charge < -0.3 is 24.4 Å². The molecule has 116 valence electrons. The average Bonchev–Trinajstić information content (AvgIpc) is 2.48. The summed E-state index contributed by atoms with van der Waals surface area (Å²) in [6, 6.07) is 5.04. The molecule has 0 atom stereocenters. The molecule has 7 nitrogen and oxygen atoms in total. The van der Waals surface area contributed by atoms with Crippen LogP contribution >= 0.6 is 0 Å². The van der Waals surface area contributed by atoms with E-state index in [1.165, 1.54) is 7.11 Å². The molecule has 0 unspecified atom stereocenters. The van der Waals surface area contributed by atoms with Crippen LogP contribution in [0.25, 0.3) is 11.0 Å². The van der Waals surface area contributed by atoms with Crippen LogP contribution in [0, 0.1) is 6.92 Å². The van der Waals surface area contributed by atoms with E-state index in [0.29, 0.717) is 22.3 Å². The van der Waals surface area contributed by atoms with E-state index in [0.717, 1.165) is 0 Å². The Labute approximate surface area is 125 Å². The van der Waals surface area contributed by atoms with Crippen molar-refractivity contribution in [3.8, 4) is 5.75 Å². The summed E-state index contributed by atoms with van der Waals surface area (Å²) in [7, 11) is 1.50. The highest BCUT2D eigenvalue weighted by molar-refractivity contribution is 5.86. The van der Waals surface area contributed by atoms with Crippen molar-refractivity contribution in [1.29, 1.82) is 0 Å². The first kappa shape index (κ1) is 15.6. The van der Waals surface area contributed by atoms with Gasteiger partial charge in [-0.05, 0) is 24.6 Å².